The number of rotatable bonds is 5. The smallest absolute Gasteiger partial charge is 0.274 e. The first-order valence-electron chi connectivity index (χ1n) is 8.34. The summed E-state index contributed by atoms with van der Waals surface area (Å²) in [5.74, 6) is 1.05. The number of aromatic nitrogens is 2. The lowest BCUT2D eigenvalue weighted by Gasteiger charge is -2.32. The molecular weight excluding hydrogens is 334 g/mol. The van der Waals surface area contributed by atoms with E-state index < -0.39 is 0 Å². The molecule has 0 unspecified atom stereocenters. The van der Waals surface area contributed by atoms with Crippen LogP contribution in [-0.2, 0) is 4.79 Å². The second-order valence-electron chi connectivity index (χ2n) is 6.07. The van der Waals surface area contributed by atoms with E-state index in [9.17, 15) is 9.59 Å². The third-order valence-corrected chi connectivity index (χ3v) is 4.25. The summed E-state index contributed by atoms with van der Waals surface area (Å²) in [6, 6.07) is 9.14. The van der Waals surface area contributed by atoms with Gasteiger partial charge in [0.25, 0.3) is 5.91 Å². The Kier molecular flexibility index (Phi) is 5.31. The molecule has 1 aliphatic rings. The Morgan fingerprint density at radius 1 is 1.15 bits per heavy atom. The van der Waals surface area contributed by atoms with Gasteiger partial charge in [0.1, 0.15) is 5.75 Å². The van der Waals surface area contributed by atoms with Crippen LogP contribution < -0.4 is 10.1 Å². The molecule has 1 aliphatic heterocycles. The Labute approximate surface area is 151 Å². The predicted octanol–water partition coefficient (Wildman–Crippen LogP) is 1.45. The number of carbonyl (C=O) groups excluding carboxylic acids is 2. The van der Waals surface area contributed by atoms with E-state index >= 15 is 0 Å². The first kappa shape index (κ1) is 17.7. The standard InChI is InChI=1S/C18H21N5O3/c1-13-3-5-16(26-2)15(11-13)19-17-6-4-14(20-21-17)18(25)23-9-7-22(12-24)8-10-23/h3-6,11-12H,7-10H2,1-2H3,(H,19,21). The molecule has 3 rings (SSSR count). The molecule has 0 radical (unpaired) electrons. The first-order chi connectivity index (χ1) is 12.6. The number of hydrogen-bond donors (Lipinski definition) is 1. The molecule has 8 nitrogen and oxygen atoms in total. The van der Waals surface area contributed by atoms with Crippen molar-refractivity contribution in [1.82, 2.24) is 20.0 Å². The van der Waals surface area contributed by atoms with Crippen molar-refractivity contribution < 1.29 is 14.3 Å². The summed E-state index contributed by atoms with van der Waals surface area (Å²) in [5.41, 5.74) is 2.15. The monoisotopic (exact) mass is 355 g/mol. The maximum absolute atomic E-state index is 12.5. The number of piperazine rings is 1. The number of carbonyl (C=O) groups is 2. The van der Waals surface area contributed by atoms with E-state index in [0.717, 1.165) is 17.7 Å². The number of anilines is 2. The van der Waals surface area contributed by atoms with Crippen LogP contribution in [-0.4, -0.2) is 65.6 Å². The van der Waals surface area contributed by atoms with Gasteiger partial charge in [-0.2, -0.15) is 0 Å². The fraction of sp³-hybridized carbons (Fsp3) is 0.333. The molecule has 8 heteroatoms. The Morgan fingerprint density at radius 3 is 2.54 bits per heavy atom. The molecule has 0 atom stereocenters. The van der Waals surface area contributed by atoms with E-state index in [1.807, 2.05) is 25.1 Å². The summed E-state index contributed by atoms with van der Waals surface area (Å²) >= 11 is 0. The molecule has 1 aromatic carbocycles. The number of hydrogen-bond acceptors (Lipinski definition) is 6. The van der Waals surface area contributed by atoms with Crippen LogP contribution in [0, 0.1) is 6.92 Å². The summed E-state index contributed by atoms with van der Waals surface area (Å²) in [6.07, 6.45) is 0.807. The van der Waals surface area contributed by atoms with Crippen molar-refractivity contribution in [2.75, 3.05) is 38.6 Å². The molecule has 136 valence electrons. The summed E-state index contributed by atoms with van der Waals surface area (Å²) < 4.78 is 5.33. The third kappa shape index (κ3) is 3.90. The van der Waals surface area contributed by atoms with Gasteiger partial charge in [0.15, 0.2) is 11.5 Å². The van der Waals surface area contributed by atoms with Gasteiger partial charge in [0.05, 0.1) is 12.8 Å². The van der Waals surface area contributed by atoms with Gasteiger partial charge in [-0.1, -0.05) is 6.07 Å². The number of nitrogens with zero attached hydrogens (tertiary/aromatic N) is 4. The van der Waals surface area contributed by atoms with Gasteiger partial charge in [-0.3, -0.25) is 9.59 Å². The number of aryl methyl sites for hydroxylation is 1. The highest BCUT2D eigenvalue weighted by Crippen LogP contribution is 2.27. The second-order valence-corrected chi connectivity index (χ2v) is 6.07. The van der Waals surface area contributed by atoms with Gasteiger partial charge < -0.3 is 19.9 Å². The van der Waals surface area contributed by atoms with Crippen LogP contribution in [0.25, 0.3) is 0 Å². The Hall–Kier alpha value is -3.16. The first-order valence-corrected chi connectivity index (χ1v) is 8.34. The van der Waals surface area contributed by atoms with E-state index in [4.69, 9.17) is 4.74 Å². The highest BCUT2D eigenvalue weighted by atomic mass is 16.5. The Balaban J connectivity index is 1.68. The van der Waals surface area contributed by atoms with Crippen molar-refractivity contribution in [3.05, 3.63) is 41.6 Å². The second kappa shape index (κ2) is 7.81. The van der Waals surface area contributed by atoms with Crippen LogP contribution in [0.3, 0.4) is 0 Å². The third-order valence-electron chi connectivity index (χ3n) is 4.25. The lowest BCUT2D eigenvalue weighted by Crippen LogP contribution is -2.48. The molecule has 26 heavy (non-hydrogen) atoms. The number of nitrogens with one attached hydrogen (secondary N) is 1. The van der Waals surface area contributed by atoms with Crippen molar-refractivity contribution in [2.24, 2.45) is 0 Å². The van der Waals surface area contributed by atoms with Crippen molar-refractivity contribution in [1.29, 1.82) is 0 Å². The maximum Gasteiger partial charge on any atom is 0.274 e. The minimum atomic E-state index is -0.178. The van der Waals surface area contributed by atoms with Crippen LogP contribution in [0.4, 0.5) is 11.5 Å². The van der Waals surface area contributed by atoms with Crippen molar-refractivity contribution in [3.8, 4) is 5.75 Å². The highest BCUT2D eigenvalue weighted by Gasteiger charge is 2.22. The van der Waals surface area contributed by atoms with Crippen LogP contribution in [0.1, 0.15) is 16.1 Å². The van der Waals surface area contributed by atoms with Crippen LogP contribution in [0.5, 0.6) is 5.75 Å². The molecule has 0 aliphatic carbocycles. The average Bonchev–Trinajstić information content (AvgIpc) is 2.68. The Morgan fingerprint density at radius 2 is 1.92 bits per heavy atom. The van der Waals surface area contributed by atoms with Crippen LogP contribution in [0.2, 0.25) is 0 Å². The molecular formula is C18H21N5O3. The van der Waals surface area contributed by atoms with Gasteiger partial charge in [-0.15, -0.1) is 10.2 Å². The lowest BCUT2D eigenvalue weighted by atomic mass is 10.2. The number of ether oxygens (including phenoxy) is 1. The molecule has 1 aromatic heterocycles. The lowest BCUT2D eigenvalue weighted by molar-refractivity contribution is -0.119. The summed E-state index contributed by atoms with van der Waals surface area (Å²) in [7, 11) is 1.60. The van der Waals surface area contributed by atoms with Gasteiger partial charge in [0.2, 0.25) is 6.41 Å². The molecule has 0 bridgehead atoms. The number of amides is 2. The zero-order valence-corrected chi connectivity index (χ0v) is 14.8. The predicted molar refractivity (Wildman–Crippen MR) is 96.6 cm³/mol. The Bertz CT molecular complexity index is 786. The molecule has 1 fully saturated rings. The largest absolute Gasteiger partial charge is 0.495 e. The molecule has 0 spiro atoms. The fourth-order valence-electron chi connectivity index (χ4n) is 2.76. The molecule has 1 saturated heterocycles. The summed E-state index contributed by atoms with van der Waals surface area (Å²) in [5, 5.41) is 11.3. The average molecular weight is 355 g/mol. The summed E-state index contributed by atoms with van der Waals surface area (Å²) in [4.78, 5) is 26.6. The zero-order chi connectivity index (χ0) is 18.5. The topological polar surface area (TPSA) is 87.7 Å². The van der Waals surface area contributed by atoms with E-state index in [0.29, 0.717) is 37.7 Å². The molecule has 0 saturated carbocycles. The zero-order valence-electron chi connectivity index (χ0n) is 14.8. The van der Waals surface area contributed by atoms with Crippen molar-refractivity contribution >= 4 is 23.8 Å². The van der Waals surface area contributed by atoms with Crippen molar-refractivity contribution in [2.45, 2.75) is 6.92 Å². The van der Waals surface area contributed by atoms with E-state index in [1.165, 1.54) is 0 Å². The van der Waals surface area contributed by atoms with E-state index in [-0.39, 0.29) is 11.6 Å². The van der Waals surface area contributed by atoms with Crippen LogP contribution in [0.15, 0.2) is 30.3 Å². The normalized spacial score (nSPS) is 14.1. The van der Waals surface area contributed by atoms with Crippen LogP contribution >= 0.6 is 0 Å². The quantitative estimate of drug-likeness (QED) is 0.817. The van der Waals surface area contributed by atoms with Gasteiger partial charge >= 0.3 is 0 Å². The fourth-order valence-corrected chi connectivity index (χ4v) is 2.76. The molecule has 2 amide bonds. The highest BCUT2D eigenvalue weighted by molar-refractivity contribution is 5.92. The van der Waals surface area contributed by atoms with Crippen molar-refractivity contribution in [3.63, 3.8) is 0 Å². The SMILES string of the molecule is COc1ccc(C)cc1Nc1ccc(C(=O)N2CCN(C=O)CC2)nn1. The van der Waals surface area contributed by atoms with Gasteiger partial charge in [0, 0.05) is 26.2 Å². The van der Waals surface area contributed by atoms with Gasteiger partial charge in [-0.05, 0) is 36.8 Å². The molecule has 1 N–H and O–H groups in total. The number of benzene rings is 1. The van der Waals surface area contributed by atoms with E-state index in [1.54, 1.807) is 29.0 Å². The minimum Gasteiger partial charge on any atom is -0.495 e. The molecule has 2 aromatic rings. The minimum absolute atomic E-state index is 0.178. The number of methoxy groups -OCH3 is 1. The molecule has 2 heterocycles. The summed E-state index contributed by atoms with van der Waals surface area (Å²) in [6.45, 7) is 4.06. The maximum atomic E-state index is 12.5. The van der Waals surface area contributed by atoms with E-state index in [2.05, 4.69) is 15.5 Å². The van der Waals surface area contributed by atoms with Gasteiger partial charge in [-0.25, -0.2) is 0 Å².